The van der Waals surface area contributed by atoms with Gasteiger partial charge in [0, 0.05) is 26.7 Å². The van der Waals surface area contributed by atoms with Crippen LogP contribution in [0.4, 0.5) is 0 Å². The highest BCUT2D eigenvalue weighted by atomic mass is 16.4. The van der Waals surface area contributed by atoms with E-state index in [4.69, 9.17) is 5.11 Å². The van der Waals surface area contributed by atoms with Gasteiger partial charge in [-0.15, -0.1) is 0 Å². The highest BCUT2D eigenvalue weighted by Crippen LogP contribution is 2.32. The first-order chi connectivity index (χ1) is 13.2. The van der Waals surface area contributed by atoms with Crippen LogP contribution in [-0.2, 0) is 23.7 Å². The fraction of sp³-hybridized carbons (Fsp3) is 0.263. The van der Waals surface area contributed by atoms with Crippen molar-refractivity contribution in [3.63, 3.8) is 0 Å². The maximum atomic E-state index is 12.9. The number of fused-ring (bicyclic) bond motifs is 1. The third-order valence-electron chi connectivity index (χ3n) is 4.77. The molecule has 2 aromatic heterocycles. The molecule has 1 unspecified atom stereocenters. The second kappa shape index (κ2) is 7.18. The Morgan fingerprint density at radius 1 is 1.04 bits per heavy atom. The summed E-state index contributed by atoms with van der Waals surface area (Å²) in [7, 11) is 2.85. The van der Waals surface area contributed by atoms with Gasteiger partial charge in [-0.3, -0.25) is 18.7 Å². The molecule has 1 aromatic carbocycles. The van der Waals surface area contributed by atoms with Crippen molar-refractivity contribution in [2.24, 2.45) is 14.1 Å². The SMILES string of the molecule is Cn1c(=O)c2c(-c3ccccc3)n(C(CCC(=O)O)C(=O)O)cc2n(C)c1=O. The van der Waals surface area contributed by atoms with Gasteiger partial charge in [0.2, 0.25) is 0 Å². The molecule has 9 heteroatoms. The summed E-state index contributed by atoms with van der Waals surface area (Å²) in [4.78, 5) is 48.1. The Labute approximate surface area is 158 Å². The first-order valence-electron chi connectivity index (χ1n) is 8.54. The van der Waals surface area contributed by atoms with E-state index in [9.17, 15) is 24.3 Å². The summed E-state index contributed by atoms with van der Waals surface area (Å²) in [5, 5.41) is 18.9. The lowest BCUT2D eigenvalue weighted by Crippen LogP contribution is -2.36. The van der Waals surface area contributed by atoms with Crippen molar-refractivity contribution in [1.82, 2.24) is 13.7 Å². The number of aromatic nitrogens is 3. The van der Waals surface area contributed by atoms with E-state index in [0.29, 0.717) is 11.3 Å². The Hall–Kier alpha value is -3.62. The zero-order valence-electron chi connectivity index (χ0n) is 15.3. The second-order valence-electron chi connectivity index (χ2n) is 6.50. The fourth-order valence-corrected chi connectivity index (χ4v) is 3.34. The first-order valence-corrected chi connectivity index (χ1v) is 8.54. The maximum absolute atomic E-state index is 12.9. The smallest absolute Gasteiger partial charge is 0.330 e. The van der Waals surface area contributed by atoms with Gasteiger partial charge in [-0.1, -0.05) is 30.3 Å². The molecule has 9 nitrogen and oxygen atoms in total. The number of nitrogens with zero attached hydrogens (tertiary/aromatic N) is 3. The summed E-state index contributed by atoms with van der Waals surface area (Å²) < 4.78 is 3.62. The molecule has 0 fully saturated rings. The van der Waals surface area contributed by atoms with Gasteiger partial charge in [-0.25, -0.2) is 9.59 Å². The number of aryl methyl sites for hydroxylation is 1. The topological polar surface area (TPSA) is 124 Å². The molecule has 2 heterocycles. The van der Waals surface area contributed by atoms with Crippen molar-refractivity contribution in [1.29, 1.82) is 0 Å². The maximum Gasteiger partial charge on any atom is 0.330 e. The summed E-state index contributed by atoms with van der Waals surface area (Å²) in [6.07, 6.45) is 0.914. The molecule has 1 atom stereocenters. The fourth-order valence-electron chi connectivity index (χ4n) is 3.34. The van der Waals surface area contributed by atoms with Gasteiger partial charge in [-0.2, -0.15) is 0 Å². The minimum absolute atomic E-state index is 0.167. The number of carboxylic acids is 2. The molecule has 0 aliphatic rings. The van der Waals surface area contributed by atoms with Crippen LogP contribution < -0.4 is 11.2 Å². The zero-order valence-corrected chi connectivity index (χ0v) is 15.3. The normalized spacial score (nSPS) is 12.2. The first kappa shape index (κ1) is 19.2. The highest BCUT2D eigenvalue weighted by Gasteiger charge is 2.27. The van der Waals surface area contributed by atoms with E-state index < -0.39 is 29.2 Å². The van der Waals surface area contributed by atoms with Gasteiger partial charge in [0.25, 0.3) is 5.56 Å². The standard InChI is InChI=1S/C19H19N3O6/c1-20-13-10-22(12(18(26)27)8-9-14(23)24)16(11-6-4-3-5-7-11)15(13)17(25)21(2)19(20)28/h3-7,10,12H,8-9H2,1-2H3,(H,23,24)(H,26,27). The summed E-state index contributed by atoms with van der Waals surface area (Å²) in [6, 6.07) is 7.53. The predicted molar refractivity (Wildman–Crippen MR) is 101 cm³/mol. The van der Waals surface area contributed by atoms with Gasteiger partial charge in [0.1, 0.15) is 6.04 Å². The van der Waals surface area contributed by atoms with Crippen molar-refractivity contribution < 1.29 is 19.8 Å². The lowest BCUT2D eigenvalue weighted by Gasteiger charge is -2.17. The van der Waals surface area contributed by atoms with Crippen LogP contribution in [0.2, 0.25) is 0 Å². The molecule has 0 saturated carbocycles. The van der Waals surface area contributed by atoms with Gasteiger partial charge in [-0.05, 0) is 12.0 Å². The quantitative estimate of drug-likeness (QED) is 0.657. The Morgan fingerprint density at radius 3 is 2.25 bits per heavy atom. The second-order valence-corrected chi connectivity index (χ2v) is 6.50. The number of benzene rings is 1. The molecule has 3 aromatic rings. The molecule has 0 radical (unpaired) electrons. The molecule has 0 saturated heterocycles. The number of hydrogen-bond acceptors (Lipinski definition) is 4. The summed E-state index contributed by atoms with van der Waals surface area (Å²) in [5.41, 5.74) is 0.137. The number of aliphatic carboxylic acids is 2. The predicted octanol–water partition coefficient (Wildman–Crippen LogP) is 1.20. The third kappa shape index (κ3) is 3.11. The Morgan fingerprint density at radius 2 is 1.68 bits per heavy atom. The highest BCUT2D eigenvalue weighted by molar-refractivity contribution is 5.94. The van der Waals surface area contributed by atoms with Crippen molar-refractivity contribution in [2.75, 3.05) is 0 Å². The molecule has 146 valence electrons. The lowest BCUT2D eigenvalue weighted by molar-refractivity contribution is -0.142. The van der Waals surface area contributed by atoms with Crippen molar-refractivity contribution in [3.05, 3.63) is 57.4 Å². The number of rotatable bonds is 6. The average Bonchev–Trinajstić information content (AvgIpc) is 3.05. The number of carbonyl (C=O) groups is 2. The summed E-state index contributed by atoms with van der Waals surface area (Å²) in [5.74, 6) is -2.34. The molecular formula is C19H19N3O6. The Bertz CT molecular complexity index is 1190. The van der Waals surface area contributed by atoms with Gasteiger partial charge in [0.15, 0.2) is 0 Å². The van der Waals surface area contributed by atoms with Crippen LogP contribution in [0.1, 0.15) is 18.9 Å². The van der Waals surface area contributed by atoms with E-state index >= 15 is 0 Å². The van der Waals surface area contributed by atoms with Crippen LogP contribution in [-0.4, -0.2) is 35.9 Å². The monoisotopic (exact) mass is 385 g/mol. The molecule has 2 N–H and O–H groups in total. The van der Waals surface area contributed by atoms with E-state index in [1.54, 1.807) is 30.3 Å². The molecular weight excluding hydrogens is 366 g/mol. The number of carboxylic acid groups (broad SMARTS) is 2. The van der Waals surface area contributed by atoms with E-state index in [1.807, 2.05) is 0 Å². The van der Waals surface area contributed by atoms with Gasteiger partial charge in [0.05, 0.1) is 16.6 Å². The van der Waals surface area contributed by atoms with Crippen molar-refractivity contribution in [3.8, 4) is 11.3 Å². The molecule has 0 aliphatic carbocycles. The summed E-state index contributed by atoms with van der Waals surface area (Å²) in [6.45, 7) is 0. The van der Waals surface area contributed by atoms with Crippen molar-refractivity contribution >= 4 is 22.8 Å². The van der Waals surface area contributed by atoms with Crippen LogP contribution in [0.3, 0.4) is 0 Å². The number of hydrogen-bond donors (Lipinski definition) is 2. The zero-order chi connectivity index (χ0) is 20.6. The average molecular weight is 385 g/mol. The third-order valence-corrected chi connectivity index (χ3v) is 4.77. The van der Waals surface area contributed by atoms with Crippen LogP contribution >= 0.6 is 0 Å². The Kier molecular flexibility index (Phi) is 4.91. The molecule has 0 aliphatic heterocycles. The molecule has 0 bridgehead atoms. The minimum Gasteiger partial charge on any atom is -0.481 e. The van der Waals surface area contributed by atoms with E-state index in [-0.39, 0.29) is 23.7 Å². The van der Waals surface area contributed by atoms with Gasteiger partial charge < -0.3 is 14.8 Å². The summed E-state index contributed by atoms with van der Waals surface area (Å²) >= 11 is 0. The van der Waals surface area contributed by atoms with E-state index in [0.717, 1.165) is 4.57 Å². The van der Waals surface area contributed by atoms with E-state index in [2.05, 4.69) is 0 Å². The van der Waals surface area contributed by atoms with E-state index in [1.165, 1.54) is 29.4 Å². The van der Waals surface area contributed by atoms with Crippen LogP contribution in [0.25, 0.3) is 22.2 Å². The van der Waals surface area contributed by atoms with Crippen molar-refractivity contribution in [2.45, 2.75) is 18.9 Å². The van der Waals surface area contributed by atoms with Crippen LogP contribution in [0.15, 0.2) is 46.1 Å². The molecule has 0 spiro atoms. The Balaban J connectivity index is 2.42. The lowest BCUT2D eigenvalue weighted by atomic mass is 10.1. The van der Waals surface area contributed by atoms with Crippen LogP contribution in [0, 0.1) is 0 Å². The van der Waals surface area contributed by atoms with Crippen LogP contribution in [0.5, 0.6) is 0 Å². The molecule has 0 amide bonds. The minimum atomic E-state index is -1.22. The molecule has 28 heavy (non-hydrogen) atoms. The largest absolute Gasteiger partial charge is 0.481 e. The van der Waals surface area contributed by atoms with Gasteiger partial charge >= 0.3 is 17.6 Å². The molecule has 3 rings (SSSR count).